The summed E-state index contributed by atoms with van der Waals surface area (Å²) < 4.78 is 0. The minimum absolute atomic E-state index is 0.371. The molecular formula is C18H13N3OS. The predicted octanol–water partition coefficient (Wildman–Crippen LogP) is 3.72. The summed E-state index contributed by atoms with van der Waals surface area (Å²) in [5.41, 5.74) is 4.75. The van der Waals surface area contributed by atoms with Gasteiger partial charge in [0, 0.05) is 11.1 Å². The Kier molecular flexibility index (Phi) is 3.41. The van der Waals surface area contributed by atoms with Crippen LogP contribution in [-0.4, -0.2) is 15.3 Å². The summed E-state index contributed by atoms with van der Waals surface area (Å²) in [4.78, 5) is 0. The van der Waals surface area contributed by atoms with Crippen molar-refractivity contribution in [3.63, 3.8) is 0 Å². The molecule has 0 saturated carbocycles. The molecule has 1 unspecified atom stereocenters. The highest BCUT2D eigenvalue weighted by molar-refractivity contribution is 7.17. The fraction of sp³-hybridized carbons (Fsp3) is 0.167. The maximum absolute atomic E-state index is 10.0. The first-order chi connectivity index (χ1) is 11.3. The van der Waals surface area contributed by atoms with E-state index in [9.17, 15) is 5.11 Å². The van der Waals surface area contributed by atoms with Gasteiger partial charge in [-0.1, -0.05) is 41.7 Å². The zero-order valence-corrected chi connectivity index (χ0v) is 13.0. The SMILES string of the molecule is N#Cc1cccc(-c2nnc(-c3cccc4c3CCC4O)s2)c1. The molecule has 0 saturated heterocycles. The van der Waals surface area contributed by atoms with E-state index in [1.807, 2.05) is 36.4 Å². The molecule has 23 heavy (non-hydrogen) atoms. The van der Waals surface area contributed by atoms with Crippen molar-refractivity contribution in [3.8, 4) is 27.2 Å². The number of nitrogens with zero attached hydrogens (tertiary/aromatic N) is 3. The molecule has 1 N–H and O–H groups in total. The Morgan fingerprint density at radius 3 is 2.83 bits per heavy atom. The summed E-state index contributed by atoms with van der Waals surface area (Å²) in [6.45, 7) is 0. The van der Waals surface area contributed by atoms with Gasteiger partial charge < -0.3 is 5.11 Å². The van der Waals surface area contributed by atoms with Crippen molar-refractivity contribution in [2.24, 2.45) is 0 Å². The topological polar surface area (TPSA) is 69.8 Å². The normalized spacial score (nSPS) is 16.1. The molecular weight excluding hydrogens is 306 g/mol. The number of hydrogen-bond donors (Lipinski definition) is 1. The Bertz CT molecular complexity index is 926. The number of nitriles is 1. The smallest absolute Gasteiger partial charge is 0.148 e. The number of aromatic nitrogens is 2. The Balaban J connectivity index is 1.76. The van der Waals surface area contributed by atoms with Crippen LogP contribution in [0.4, 0.5) is 0 Å². The molecule has 2 aromatic carbocycles. The largest absolute Gasteiger partial charge is 0.388 e. The number of benzene rings is 2. The van der Waals surface area contributed by atoms with Crippen LogP contribution < -0.4 is 0 Å². The van der Waals surface area contributed by atoms with E-state index in [1.165, 1.54) is 16.9 Å². The minimum atomic E-state index is -0.371. The van der Waals surface area contributed by atoms with E-state index < -0.39 is 0 Å². The molecule has 4 rings (SSSR count). The lowest BCUT2D eigenvalue weighted by atomic mass is 10.0. The van der Waals surface area contributed by atoms with Gasteiger partial charge in [-0.3, -0.25) is 0 Å². The molecule has 3 aromatic rings. The van der Waals surface area contributed by atoms with E-state index in [-0.39, 0.29) is 6.10 Å². The molecule has 0 radical (unpaired) electrons. The van der Waals surface area contributed by atoms with E-state index in [4.69, 9.17) is 5.26 Å². The van der Waals surface area contributed by atoms with Crippen LogP contribution in [0.5, 0.6) is 0 Å². The summed E-state index contributed by atoms with van der Waals surface area (Å²) in [5, 5.41) is 29.3. The highest BCUT2D eigenvalue weighted by atomic mass is 32.1. The molecule has 1 aliphatic carbocycles. The third kappa shape index (κ3) is 2.42. The quantitative estimate of drug-likeness (QED) is 0.781. The molecule has 1 atom stereocenters. The Morgan fingerprint density at radius 2 is 1.96 bits per heavy atom. The minimum Gasteiger partial charge on any atom is -0.388 e. The number of hydrogen-bond acceptors (Lipinski definition) is 5. The molecule has 0 bridgehead atoms. The number of aliphatic hydroxyl groups excluding tert-OH is 1. The maximum atomic E-state index is 10.0. The number of fused-ring (bicyclic) bond motifs is 1. The lowest BCUT2D eigenvalue weighted by Crippen LogP contribution is -1.91. The molecule has 1 aliphatic rings. The van der Waals surface area contributed by atoms with Crippen molar-refractivity contribution in [1.29, 1.82) is 5.26 Å². The molecule has 4 nitrogen and oxygen atoms in total. The lowest BCUT2D eigenvalue weighted by molar-refractivity contribution is 0.180. The molecule has 0 amide bonds. The summed E-state index contributed by atoms with van der Waals surface area (Å²) in [5.74, 6) is 0. The van der Waals surface area contributed by atoms with Gasteiger partial charge in [0.2, 0.25) is 0 Å². The van der Waals surface area contributed by atoms with Gasteiger partial charge in [-0.15, -0.1) is 10.2 Å². The molecule has 112 valence electrons. The van der Waals surface area contributed by atoms with Gasteiger partial charge in [-0.2, -0.15) is 5.26 Å². The number of rotatable bonds is 2. The summed E-state index contributed by atoms with van der Waals surface area (Å²) in [6.07, 6.45) is 1.26. The Morgan fingerprint density at radius 1 is 1.13 bits per heavy atom. The second-order valence-electron chi connectivity index (χ2n) is 5.53. The summed E-state index contributed by atoms with van der Waals surface area (Å²) in [6, 6.07) is 15.5. The average Bonchev–Trinajstić information content (AvgIpc) is 3.22. The average molecular weight is 319 g/mol. The first-order valence-corrected chi connectivity index (χ1v) is 8.22. The zero-order chi connectivity index (χ0) is 15.8. The van der Waals surface area contributed by atoms with Gasteiger partial charge in [0.15, 0.2) is 0 Å². The standard InChI is InChI=1S/C18H13N3OS/c19-10-11-3-1-4-12(9-11)17-20-21-18(23-17)15-6-2-5-14-13(15)7-8-16(14)22/h1-6,9,16,22H,7-8H2. The highest BCUT2D eigenvalue weighted by Crippen LogP contribution is 2.39. The number of aliphatic hydroxyl groups is 1. The van der Waals surface area contributed by atoms with Gasteiger partial charge in [0.1, 0.15) is 10.0 Å². The zero-order valence-electron chi connectivity index (χ0n) is 12.2. The molecule has 5 heteroatoms. The molecule has 0 fully saturated rings. The van der Waals surface area contributed by atoms with Crippen molar-refractivity contribution >= 4 is 11.3 Å². The van der Waals surface area contributed by atoms with Gasteiger partial charge >= 0.3 is 0 Å². The molecule has 0 aliphatic heterocycles. The highest BCUT2D eigenvalue weighted by Gasteiger charge is 2.24. The van der Waals surface area contributed by atoms with E-state index in [0.717, 1.165) is 39.5 Å². The Labute approximate surface area is 137 Å². The second kappa shape index (κ2) is 5.58. The fourth-order valence-corrected chi connectivity index (χ4v) is 3.90. The van der Waals surface area contributed by atoms with Gasteiger partial charge in [0.05, 0.1) is 17.7 Å². The molecule has 0 spiro atoms. The maximum Gasteiger partial charge on any atom is 0.148 e. The van der Waals surface area contributed by atoms with Gasteiger partial charge in [-0.25, -0.2) is 0 Å². The van der Waals surface area contributed by atoms with E-state index in [2.05, 4.69) is 16.3 Å². The van der Waals surface area contributed by atoms with Crippen molar-refractivity contribution in [2.45, 2.75) is 18.9 Å². The van der Waals surface area contributed by atoms with Crippen LogP contribution in [-0.2, 0) is 6.42 Å². The molecule has 1 heterocycles. The third-order valence-corrected chi connectivity index (χ3v) is 5.14. The predicted molar refractivity (Wildman–Crippen MR) is 88.8 cm³/mol. The van der Waals surface area contributed by atoms with Crippen LogP contribution in [0.15, 0.2) is 42.5 Å². The first-order valence-electron chi connectivity index (χ1n) is 7.40. The van der Waals surface area contributed by atoms with Crippen LogP contribution in [0, 0.1) is 11.3 Å². The second-order valence-corrected chi connectivity index (χ2v) is 6.51. The summed E-state index contributed by atoms with van der Waals surface area (Å²) >= 11 is 1.51. The van der Waals surface area contributed by atoms with Crippen LogP contribution in [0.1, 0.15) is 29.2 Å². The van der Waals surface area contributed by atoms with Crippen LogP contribution in [0.3, 0.4) is 0 Å². The first kappa shape index (κ1) is 14.1. The van der Waals surface area contributed by atoms with Crippen molar-refractivity contribution in [3.05, 3.63) is 59.2 Å². The van der Waals surface area contributed by atoms with Crippen molar-refractivity contribution < 1.29 is 5.11 Å². The van der Waals surface area contributed by atoms with Gasteiger partial charge in [-0.05, 0) is 36.1 Å². The monoisotopic (exact) mass is 319 g/mol. The third-order valence-electron chi connectivity index (χ3n) is 4.13. The summed E-state index contributed by atoms with van der Waals surface area (Å²) in [7, 11) is 0. The lowest BCUT2D eigenvalue weighted by Gasteiger charge is -2.06. The van der Waals surface area contributed by atoms with Crippen LogP contribution in [0.25, 0.3) is 21.1 Å². The van der Waals surface area contributed by atoms with Gasteiger partial charge in [0.25, 0.3) is 0 Å². The Hall–Kier alpha value is -2.55. The van der Waals surface area contributed by atoms with E-state index >= 15 is 0 Å². The van der Waals surface area contributed by atoms with Crippen LogP contribution in [0.2, 0.25) is 0 Å². The van der Waals surface area contributed by atoms with Crippen molar-refractivity contribution in [2.75, 3.05) is 0 Å². The van der Waals surface area contributed by atoms with Crippen LogP contribution >= 0.6 is 11.3 Å². The molecule has 1 aromatic heterocycles. The van der Waals surface area contributed by atoms with E-state index in [1.54, 1.807) is 6.07 Å². The fourth-order valence-electron chi connectivity index (χ4n) is 3.00. The van der Waals surface area contributed by atoms with E-state index in [0.29, 0.717) is 5.56 Å². The van der Waals surface area contributed by atoms with Crippen molar-refractivity contribution in [1.82, 2.24) is 10.2 Å².